The molecule has 2 aromatic rings. The van der Waals surface area contributed by atoms with Gasteiger partial charge in [0, 0.05) is 38.2 Å². The van der Waals surface area contributed by atoms with Crippen molar-refractivity contribution in [3.05, 3.63) is 40.3 Å². The van der Waals surface area contributed by atoms with E-state index in [1.54, 1.807) is 0 Å². The number of ether oxygens (including phenoxy) is 1. The number of aryl methyl sites for hydroxylation is 1. The summed E-state index contributed by atoms with van der Waals surface area (Å²) >= 11 is 1.22. The number of hydrogen-bond donors (Lipinski definition) is 2. The Balaban J connectivity index is 1.33. The molecule has 1 fully saturated rings. The number of carbonyl (C=O) groups excluding carboxylic acids is 2. The summed E-state index contributed by atoms with van der Waals surface area (Å²) in [6.07, 6.45) is 1.74. The number of para-hydroxylation sites is 1. The Morgan fingerprint density at radius 2 is 1.93 bits per heavy atom. The molecule has 28 heavy (non-hydrogen) atoms. The second kappa shape index (κ2) is 10.8. The van der Waals surface area contributed by atoms with Gasteiger partial charge in [-0.25, -0.2) is 0 Å². The predicted octanol–water partition coefficient (Wildman–Crippen LogP) is 1.56. The van der Waals surface area contributed by atoms with E-state index in [0.29, 0.717) is 35.1 Å². The zero-order chi connectivity index (χ0) is 19.6. The van der Waals surface area contributed by atoms with Crippen molar-refractivity contribution in [1.82, 2.24) is 20.4 Å². The van der Waals surface area contributed by atoms with E-state index in [2.05, 4.69) is 25.7 Å². The van der Waals surface area contributed by atoms with Gasteiger partial charge in [-0.2, -0.15) is 0 Å². The van der Waals surface area contributed by atoms with Crippen molar-refractivity contribution in [3.8, 4) is 0 Å². The standard InChI is InChI=1S/C19H25N5O3S/c25-16(20-9-4-10-24-11-13-27-14-12-24)7-8-17-22-23-19(28-17)18(26)21-15-5-2-1-3-6-15/h1-3,5-6H,4,7-14H2,(H,20,25)(H,21,26). The fourth-order valence-corrected chi connectivity index (χ4v) is 3.55. The van der Waals surface area contributed by atoms with Crippen molar-refractivity contribution >= 4 is 28.8 Å². The van der Waals surface area contributed by atoms with E-state index in [4.69, 9.17) is 4.74 Å². The third-order valence-corrected chi connectivity index (χ3v) is 5.32. The summed E-state index contributed by atoms with van der Waals surface area (Å²) < 4.78 is 5.32. The molecule has 1 aliphatic rings. The van der Waals surface area contributed by atoms with Crippen molar-refractivity contribution in [2.24, 2.45) is 0 Å². The van der Waals surface area contributed by atoms with Crippen LogP contribution in [0.4, 0.5) is 5.69 Å². The molecule has 0 unspecified atom stereocenters. The van der Waals surface area contributed by atoms with E-state index in [0.717, 1.165) is 39.3 Å². The van der Waals surface area contributed by atoms with E-state index in [-0.39, 0.29) is 11.8 Å². The van der Waals surface area contributed by atoms with Gasteiger partial charge in [-0.1, -0.05) is 29.5 Å². The Hall–Kier alpha value is -2.36. The lowest BCUT2D eigenvalue weighted by Crippen LogP contribution is -2.38. The van der Waals surface area contributed by atoms with Crippen molar-refractivity contribution < 1.29 is 14.3 Å². The van der Waals surface area contributed by atoms with Crippen LogP contribution >= 0.6 is 11.3 Å². The maximum atomic E-state index is 12.2. The second-order valence-corrected chi connectivity index (χ2v) is 7.54. The van der Waals surface area contributed by atoms with Crippen molar-refractivity contribution in [1.29, 1.82) is 0 Å². The molecule has 2 N–H and O–H groups in total. The van der Waals surface area contributed by atoms with E-state index < -0.39 is 0 Å². The molecular formula is C19H25N5O3S. The van der Waals surface area contributed by atoms with E-state index in [9.17, 15) is 9.59 Å². The number of aromatic nitrogens is 2. The van der Waals surface area contributed by atoms with Gasteiger partial charge in [0.15, 0.2) is 0 Å². The Morgan fingerprint density at radius 3 is 2.71 bits per heavy atom. The summed E-state index contributed by atoms with van der Waals surface area (Å²) in [4.78, 5) is 26.5. The van der Waals surface area contributed by atoms with E-state index in [1.807, 2.05) is 30.3 Å². The van der Waals surface area contributed by atoms with Crippen LogP contribution in [0.1, 0.15) is 27.7 Å². The summed E-state index contributed by atoms with van der Waals surface area (Å²) in [6, 6.07) is 9.19. The minimum atomic E-state index is -0.289. The highest BCUT2D eigenvalue weighted by molar-refractivity contribution is 7.13. The van der Waals surface area contributed by atoms with Crippen LogP contribution in [0.3, 0.4) is 0 Å². The molecule has 1 aliphatic heterocycles. The van der Waals surface area contributed by atoms with Crippen LogP contribution in [0.15, 0.2) is 30.3 Å². The average molecular weight is 404 g/mol. The molecule has 1 aromatic carbocycles. The average Bonchev–Trinajstić information content (AvgIpc) is 3.20. The molecule has 0 bridgehead atoms. The van der Waals surface area contributed by atoms with Crippen LogP contribution in [0, 0.1) is 0 Å². The van der Waals surface area contributed by atoms with Gasteiger partial charge in [0.2, 0.25) is 10.9 Å². The SMILES string of the molecule is O=C(CCc1nnc(C(=O)Nc2ccccc2)s1)NCCCN1CCOCC1. The number of rotatable bonds is 9. The first-order chi connectivity index (χ1) is 13.7. The largest absolute Gasteiger partial charge is 0.379 e. The van der Waals surface area contributed by atoms with E-state index >= 15 is 0 Å². The van der Waals surface area contributed by atoms with Crippen LogP contribution < -0.4 is 10.6 Å². The maximum Gasteiger partial charge on any atom is 0.286 e. The molecule has 0 atom stereocenters. The summed E-state index contributed by atoms with van der Waals surface area (Å²) in [5, 5.41) is 14.6. The molecule has 8 nitrogen and oxygen atoms in total. The minimum Gasteiger partial charge on any atom is -0.379 e. The van der Waals surface area contributed by atoms with Crippen LogP contribution in [-0.4, -0.2) is 66.3 Å². The van der Waals surface area contributed by atoms with Gasteiger partial charge in [-0.3, -0.25) is 14.5 Å². The fourth-order valence-electron chi connectivity index (χ4n) is 2.82. The second-order valence-electron chi connectivity index (χ2n) is 6.48. The Labute approximate surface area is 168 Å². The molecule has 0 aliphatic carbocycles. The first-order valence-electron chi connectivity index (χ1n) is 9.46. The number of benzene rings is 1. The van der Waals surface area contributed by atoms with Crippen LogP contribution in [-0.2, 0) is 16.0 Å². The summed E-state index contributed by atoms with van der Waals surface area (Å²) in [7, 11) is 0. The lowest BCUT2D eigenvalue weighted by molar-refractivity contribution is -0.121. The van der Waals surface area contributed by atoms with E-state index in [1.165, 1.54) is 11.3 Å². The first kappa shape index (κ1) is 20.4. The summed E-state index contributed by atoms with van der Waals surface area (Å²) in [5.74, 6) is -0.296. The van der Waals surface area contributed by atoms with Gasteiger partial charge in [0.05, 0.1) is 13.2 Å². The summed E-state index contributed by atoms with van der Waals surface area (Å²) in [6.45, 7) is 5.15. The predicted molar refractivity (Wildman–Crippen MR) is 108 cm³/mol. The number of nitrogens with zero attached hydrogens (tertiary/aromatic N) is 3. The van der Waals surface area contributed by atoms with Gasteiger partial charge in [-0.05, 0) is 25.1 Å². The molecule has 1 saturated heterocycles. The number of anilines is 1. The molecule has 0 radical (unpaired) electrons. The lowest BCUT2D eigenvalue weighted by Gasteiger charge is -2.26. The van der Waals surface area contributed by atoms with Gasteiger partial charge < -0.3 is 15.4 Å². The van der Waals surface area contributed by atoms with Gasteiger partial charge in [-0.15, -0.1) is 10.2 Å². The van der Waals surface area contributed by atoms with Gasteiger partial charge in [0.25, 0.3) is 5.91 Å². The quantitative estimate of drug-likeness (QED) is 0.617. The highest BCUT2D eigenvalue weighted by Gasteiger charge is 2.14. The molecule has 0 spiro atoms. The molecule has 3 rings (SSSR count). The van der Waals surface area contributed by atoms with Crippen LogP contribution in [0.25, 0.3) is 0 Å². The van der Waals surface area contributed by atoms with Crippen LogP contribution in [0.5, 0.6) is 0 Å². The fraction of sp³-hybridized carbons (Fsp3) is 0.474. The Kier molecular flexibility index (Phi) is 7.89. The number of hydrogen-bond acceptors (Lipinski definition) is 7. The van der Waals surface area contributed by atoms with Crippen LogP contribution in [0.2, 0.25) is 0 Å². The number of carbonyl (C=O) groups is 2. The number of amides is 2. The highest BCUT2D eigenvalue weighted by atomic mass is 32.1. The number of nitrogens with one attached hydrogen (secondary N) is 2. The van der Waals surface area contributed by atoms with Crippen molar-refractivity contribution in [2.45, 2.75) is 19.3 Å². The third kappa shape index (κ3) is 6.66. The molecular weight excluding hydrogens is 378 g/mol. The van der Waals surface area contributed by atoms with Crippen molar-refractivity contribution in [2.75, 3.05) is 44.7 Å². The summed E-state index contributed by atoms with van der Waals surface area (Å²) in [5.41, 5.74) is 0.709. The third-order valence-electron chi connectivity index (χ3n) is 4.34. The normalized spacial score (nSPS) is 14.6. The smallest absolute Gasteiger partial charge is 0.286 e. The molecule has 2 amide bonds. The lowest BCUT2D eigenvalue weighted by atomic mass is 10.3. The topological polar surface area (TPSA) is 96.5 Å². The minimum absolute atomic E-state index is 0.00698. The molecule has 2 heterocycles. The monoisotopic (exact) mass is 403 g/mol. The zero-order valence-corrected chi connectivity index (χ0v) is 16.5. The maximum absolute atomic E-state index is 12.2. The molecule has 9 heteroatoms. The number of morpholine rings is 1. The Morgan fingerprint density at radius 1 is 1.14 bits per heavy atom. The molecule has 150 valence electrons. The molecule has 0 saturated carbocycles. The Bertz CT molecular complexity index is 762. The highest BCUT2D eigenvalue weighted by Crippen LogP contribution is 2.14. The first-order valence-corrected chi connectivity index (χ1v) is 10.3. The van der Waals surface area contributed by atoms with Gasteiger partial charge in [0.1, 0.15) is 5.01 Å². The zero-order valence-electron chi connectivity index (χ0n) is 15.7. The van der Waals surface area contributed by atoms with Crippen molar-refractivity contribution in [3.63, 3.8) is 0 Å². The molecule has 1 aromatic heterocycles. The van der Waals surface area contributed by atoms with Gasteiger partial charge >= 0.3 is 0 Å².